The summed E-state index contributed by atoms with van der Waals surface area (Å²) in [6, 6.07) is 9.81. The molecule has 8 nitrogen and oxygen atoms in total. The van der Waals surface area contributed by atoms with E-state index in [1.54, 1.807) is 43.7 Å². The van der Waals surface area contributed by atoms with Crippen LogP contribution in [0.2, 0.25) is 10.0 Å². The second-order valence-electron chi connectivity index (χ2n) is 7.65. The molecule has 1 aliphatic heterocycles. The average molecular weight is 523 g/mol. The van der Waals surface area contributed by atoms with Gasteiger partial charge in [0.05, 0.1) is 44.2 Å². The first-order chi connectivity index (χ1) is 17.4. The molecule has 182 valence electrons. The molecule has 0 aliphatic carbocycles. The number of allylic oxidation sites excluding steroid dienone is 1. The van der Waals surface area contributed by atoms with E-state index in [4.69, 9.17) is 23.2 Å². The summed E-state index contributed by atoms with van der Waals surface area (Å²) >= 11 is 12.5. The van der Waals surface area contributed by atoms with Gasteiger partial charge in [0.25, 0.3) is 0 Å². The van der Waals surface area contributed by atoms with E-state index in [0.717, 1.165) is 11.3 Å². The van der Waals surface area contributed by atoms with Crippen molar-refractivity contribution in [2.24, 2.45) is 4.99 Å². The van der Waals surface area contributed by atoms with E-state index in [-0.39, 0.29) is 22.3 Å². The normalized spacial score (nSPS) is 13.8. The molecule has 4 rings (SSSR count). The van der Waals surface area contributed by atoms with Gasteiger partial charge in [0.2, 0.25) is 0 Å². The van der Waals surface area contributed by atoms with Crippen molar-refractivity contribution >= 4 is 57.4 Å². The van der Waals surface area contributed by atoms with E-state index >= 15 is 0 Å². The number of nitrogens with zero attached hydrogens (tertiary/aromatic N) is 3. The fourth-order valence-electron chi connectivity index (χ4n) is 3.60. The van der Waals surface area contributed by atoms with Crippen LogP contribution >= 0.6 is 23.2 Å². The van der Waals surface area contributed by atoms with Crippen molar-refractivity contribution in [2.75, 3.05) is 17.7 Å². The maximum Gasteiger partial charge on any atom is 0.165 e. The molecule has 0 bridgehead atoms. The number of pyridine rings is 1. The van der Waals surface area contributed by atoms with Gasteiger partial charge in [-0.05, 0) is 35.9 Å². The van der Waals surface area contributed by atoms with Crippen LogP contribution in [0.5, 0.6) is 0 Å². The number of hydrogen-bond donors (Lipinski definition) is 5. The van der Waals surface area contributed by atoms with E-state index < -0.39 is 5.82 Å². The van der Waals surface area contributed by atoms with Gasteiger partial charge in [-0.25, -0.2) is 4.39 Å². The summed E-state index contributed by atoms with van der Waals surface area (Å²) in [6.45, 7) is 4.17. The highest BCUT2D eigenvalue weighted by Gasteiger charge is 2.21. The van der Waals surface area contributed by atoms with Gasteiger partial charge in [0, 0.05) is 36.7 Å². The molecule has 1 atom stereocenters. The third-order valence-corrected chi connectivity index (χ3v) is 5.88. The summed E-state index contributed by atoms with van der Waals surface area (Å²) in [4.78, 5) is 8.29. The van der Waals surface area contributed by atoms with Crippen LogP contribution in [-0.2, 0) is 0 Å². The molecular weight excluding hydrogens is 502 g/mol. The number of hydrogen-bond acceptors (Lipinski definition) is 8. The van der Waals surface area contributed by atoms with E-state index in [9.17, 15) is 9.65 Å². The Kier molecular flexibility index (Phi) is 7.71. The molecule has 2 aromatic carbocycles. The summed E-state index contributed by atoms with van der Waals surface area (Å²) < 4.78 is 14.7. The fourth-order valence-corrected chi connectivity index (χ4v) is 4.04. The minimum absolute atomic E-state index is 0.0423. The molecule has 1 aliphatic rings. The van der Waals surface area contributed by atoms with Gasteiger partial charge in [0.15, 0.2) is 5.82 Å². The second-order valence-corrected chi connectivity index (χ2v) is 8.47. The van der Waals surface area contributed by atoms with Crippen LogP contribution in [-0.4, -0.2) is 24.3 Å². The van der Waals surface area contributed by atoms with Gasteiger partial charge >= 0.3 is 0 Å². The van der Waals surface area contributed by atoms with Crippen molar-refractivity contribution < 1.29 is 4.39 Å². The van der Waals surface area contributed by atoms with Crippen LogP contribution in [0.3, 0.4) is 0 Å². The number of rotatable bonds is 8. The molecule has 1 aromatic heterocycles. The first-order valence-electron chi connectivity index (χ1n) is 10.7. The number of fused-ring (bicyclic) bond motifs is 1. The largest absolute Gasteiger partial charge is 0.373 e. The molecule has 3 aromatic rings. The number of benzene rings is 2. The molecule has 0 amide bonds. The molecule has 11 heteroatoms. The molecule has 0 saturated heterocycles. The van der Waals surface area contributed by atoms with Crippen LogP contribution < -0.4 is 27.0 Å². The van der Waals surface area contributed by atoms with Gasteiger partial charge in [-0.15, -0.1) is 0 Å². The molecular formula is C25H21Cl2FN8. The van der Waals surface area contributed by atoms with Gasteiger partial charge in [-0.1, -0.05) is 41.9 Å². The molecule has 5 N–H and O–H groups in total. The Morgan fingerprint density at radius 3 is 2.86 bits per heavy atom. The molecule has 2 heterocycles. The Labute approximate surface area is 217 Å². The van der Waals surface area contributed by atoms with Crippen molar-refractivity contribution in [3.05, 3.63) is 94.2 Å². The first kappa shape index (κ1) is 25.0. The van der Waals surface area contributed by atoms with Crippen molar-refractivity contribution in [1.82, 2.24) is 21.4 Å². The number of anilines is 3. The number of hydrazine groups is 2. The Morgan fingerprint density at radius 1 is 1.31 bits per heavy atom. The van der Waals surface area contributed by atoms with Gasteiger partial charge < -0.3 is 21.5 Å². The summed E-state index contributed by atoms with van der Waals surface area (Å²) in [5.74, 6) is -0.633. The van der Waals surface area contributed by atoms with Gasteiger partial charge in [-0.2, -0.15) is 10.8 Å². The quantitative estimate of drug-likeness (QED) is 0.200. The standard InChI is InChI=1S/C25H21Cl2FN8/c1-14(5-4-8-30-2)23(21-13-32-36-35-21)33-16-9-17-24(34-20-7-3-6-18(26)22(20)28)15(11-29)12-31-25(17)19(27)10-16/h3-10,12-13,23,32-33,35-36H,1H2,2H3,(H,31,34)/b5-4-,30-8?/t23-/m0/s1. The molecule has 0 unspecified atom stereocenters. The lowest BCUT2D eigenvalue weighted by Crippen LogP contribution is -2.37. The summed E-state index contributed by atoms with van der Waals surface area (Å²) in [5.41, 5.74) is 12.0. The van der Waals surface area contributed by atoms with E-state index in [2.05, 4.69) is 49.6 Å². The third-order valence-electron chi connectivity index (χ3n) is 5.30. The zero-order valence-corrected chi connectivity index (χ0v) is 20.5. The summed E-state index contributed by atoms with van der Waals surface area (Å²) in [5, 5.41) is 17.0. The van der Waals surface area contributed by atoms with E-state index in [0.29, 0.717) is 27.3 Å². The highest BCUT2D eigenvalue weighted by molar-refractivity contribution is 6.36. The summed E-state index contributed by atoms with van der Waals surface area (Å²) in [7, 11) is 1.68. The fraction of sp³-hybridized carbons (Fsp3) is 0.0800. The topological polar surface area (TPSA) is 109 Å². The van der Waals surface area contributed by atoms with Gasteiger partial charge in [0.1, 0.15) is 6.07 Å². The van der Waals surface area contributed by atoms with Crippen molar-refractivity contribution in [1.29, 1.82) is 5.26 Å². The predicted molar refractivity (Wildman–Crippen MR) is 144 cm³/mol. The molecule has 36 heavy (non-hydrogen) atoms. The highest BCUT2D eigenvalue weighted by Crippen LogP contribution is 2.36. The SMILES string of the molecule is C=C(/C=C\C=NC)[C@H](Nc1cc(Cl)c2ncc(C#N)c(Nc3cccc(Cl)c3F)c2c1)C1=CNNN1. The Bertz CT molecular complexity index is 1460. The highest BCUT2D eigenvalue weighted by atomic mass is 35.5. The molecule has 0 fully saturated rings. The van der Waals surface area contributed by atoms with Crippen LogP contribution in [0.1, 0.15) is 5.56 Å². The number of nitrogens with one attached hydrogen (secondary N) is 5. The predicted octanol–water partition coefficient (Wildman–Crippen LogP) is 5.34. The number of nitriles is 1. The number of aromatic nitrogens is 1. The molecule has 0 spiro atoms. The Hall–Kier alpha value is -4.10. The number of halogens is 3. The van der Waals surface area contributed by atoms with Crippen LogP contribution in [0.25, 0.3) is 10.9 Å². The van der Waals surface area contributed by atoms with E-state index in [1.807, 2.05) is 6.08 Å². The smallest absolute Gasteiger partial charge is 0.165 e. The maximum absolute atomic E-state index is 14.7. The van der Waals surface area contributed by atoms with Crippen LogP contribution in [0, 0.1) is 17.1 Å². The van der Waals surface area contributed by atoms with Crippen molar-refractivity contribution in [2.45, 2.75) is 6.04 Å². The Balaban J connectivity index is 1.79. The minimum Gasteiger partial charge on any atom is -0.373 e. The lowest BCUT2D eigenvalue weighted by Gasteiger charge is -2.22. The van der Waals surface area contributed by atoms with Crippen LogP contribution in [0.4, 0.5) is 21.5 Å². The molecule has 0 saturated carbocycles. The van der Waals surface area contributed by atoms with E-state index in [1.165, 1.54) is 18.3 Å². The zero-order chi connectivity index (χ0) is 25.7. The molecule has 0 radical (unpaired) electrons. The maximum atomic E-state index is 14.7. The lowest BCUT2D eigenvalue weighted by molar-refractivity contribution is 0.589. The lowest BCUT2D eigenvalue weighted by atomic mass is 10.0. The number of aliphatic imine (C=N–C) groups is 1. The Morgan fingerprint density at radius 2 is 2.14 bits per heavy atom. The zero-order valence-electron chi connectivity index (χ0n) is 19.0. The van der Waals surface area contributed by atoms with Crippen molar-refractivity contribution in [3.8, 4) is 6.07 Å². The second kappa shape index (κ2) is 11.1. The first-order valence-corrected chi connectivity index (χ1v) is 11.4. The third kappa shape index (κ3) is 5.26. The van der Waals surface area contributed by atoms with Crippen molar-refractivity contribution in [3.63, 3.8) is 0 Å². The monoisotopic (exact) mass is 522 g/mol. The minimum atomic E-state index is -0.633. The van der Waals surface area contributed by atoms with Crippen LogP contribution in [0.15, 0.2) is 77.7 Å². The van der Waals surface area contributed by atoms with Gasteiger partial charge in [-0.3, -0.25) is 9.98 Å². The average Bonchev–Trinajstić information content (AvgIpc) is 3.40. The summed E-state index contributed by atoms with van der Waals surface area (Å²) in [6.07, 6.45) is 8.42.